The van der Waals surface area contributed by atoms with Crippen molar-refractivity contribution in [2.24, 2.45) is 0 Å². The zero-order valence-corrected chi connectivity index (χ0v) is 21.5. The Morgan fingerprint density at radius 3 is 2.69 bits per heavy atom. The van der Waals surface area contributed by atoms with E-state index in [-0.39, 0.29) is 14.8 Å². The summed E-state index contributed by atoms with van der Waals surface area (Å²) in [7, 11) is 0. The van der Waals surface area contributed by atoms with Crippen LogP contribution in [0.1, 0.15) is 42.0 Å². The Labute approximate surface area is 217 Å². The molecule has 1 amide bonds. The maximum atomic E-state index is 13.2. The van der Waals surface area contributed by atoms with Gasteiger partial charge in [-0.25, -0.2) is 0 Å². The minimum Gasteiger partial charge on any atom is -0.480 e. The highest BCUT2D eigenvalue weighted by Crippen LogP contribution is 2.35. The van der Waals surface area contributed by atoms with Crippen LogP contribution in [0.25, 0.3) is 6.08 Å². The van der Waals surface area contributed by atoms with Crippen LogP contribution in [0.3, 0.4) is 0 Å². The molecule has 0 radical (unpaired) electrons. The topological polar surface area (TPSA) is 115 Å². The van der Waals surface area contributed by atoms with Gasteiger partial charge in [-0.1, -0.05) is 67.1 Å². The first kappa shape index (κ1) is 26.5. The SMILES string of the molecule is CCCCn1c(NCc2ccccc2Cl)c(/C=C2/SC(=S)N(CC(=O)O)C2=O)c(C)c(C#N)c1=O. The molecule has 8 nitrogen and oxygen atoms in total. The fourth-order valence-corrected chi connectivity index (χ4v) is 5.05. The van der Waals surface area contributed by atoms with Crippen LogP contribution in [0.15, 0.2) is 34.0 Å². The van der Waals surface area contributed by atoms with Crippen molar-refractivity contribution in [2.45, 2.75) is 39.8 Å². The lowest BCUT2D eigenvalue weighted by Crippen LogP contribution is -2.33. The highest BCUT2D eigenvalue weighted by Gasteiger charge is 2.34. The Morgan fingerprint density at radius 1 is 1.34 bits per heavy atom. The number of benzene rings is 1. The van der Waals surface area contributed by atoms with E-state index in [1.807, 2.05) is 31.2 Å². The molecule has 1 saturated heterocycles. The monoisotopic (exact) mass is 530 g/mol. The lowest BCUT2D eigenvalue weighted by atomic mass is 10.0. The van der Waals surface area contributed by atoms with Gasteiger partial charge in [0.05, 0.1) is 4.91 Å². The van der Waals surface area contributed by atoms with Gasteiger partial charge in [-0.3, -0.25) is 23.9 Å². The third-order valence-electron chi connectivity index (χ3n) is 5.46. The number of carboxylic acid groups (broad SMARTS) is 1. The summed E-state index contributed by atoms with van der Waals surface area (Å²) in [5.74, 6) is -1.27. The fourth-order valence-electron chi connectivity index (χ4n) is 3.61. The molecule has 11 heteroatoms. The van der Waals surface area contributed by atoms with Gasteiger partial charge in [0, 0.05) is 23.7 Å². The molecule has 1 aromatic carbocycles. The van der Waals surface area contributed by atoms with Crippen LogP contribution in [-0.2, 0) is 22.7 Å². The molecule has 0 unspecified atom stereocenters. The van der Waals surface area contributed by atoms with Crippen LogP contribution >= 0.6 is 35.6 Å². The number of rotatable bonds is 9. The summed E-state index contributed by atoms with van der Waals surface area (Å²) in [4.78, 5) is 38.5. The van der Waals surface area contributed by atoms with E-state index in [0.29, 0.717) is 41.5 Å². The number of hydrogen-bond acceptors (Lipinski definition) is 7. The number of thioether (sulfide) groups is 1. The van der Waals surface area contributed by atoms with E-state index < -0.39 is 24.0 Å². The standard InChI is InChI=1S/C24H23ClN4O4S2/c1-3-4-9-28-21(27-12-15-7-5-6-8-18(15)25)16(14(2)17(11-26)22(28)32)10-19-23(33)29(13-20(30)31)24(34)35-19/h5-8,10,27H,3-4,9,12-13H2,1-2H3,(H,30,31)/b19-10+. The molecule has 0 saturated carbocycles. The molecular weight excluding hydrogens is 508 g/mol. The van der Waals surface area contributed by atoms with Crippen LogP contribution < -0.4 is 10.9 Å². The smallest absolute Gasteiger partial charge is 0.323 e. The predicted molar refractivity (Wildman–Crippen MR) is 141 cm³/mol. The maximum Gasteiger partial charge on any atom is 0.323 e. The number of pyridine rings is 1. The average molecular weight is 531 g/mol. The van der Waals surface area contributed by atoms with Crippen LogP contribution in [0, 0.1) is 18.3 Å². The van der Waals surface area contributed by atoms with Gasteiger partial charge >= 0.3 is 5.97 Å². The number of amides is 1. The number of hydrogen-bond donors (Lipinski definition) is 2. The molecule has 0 spiro atoms. The Hall–Kier alpha value is -3.13. The number of carbonyl (C=O) groups excluding carboxylic acids is 1. The van der Waals surface area contributed by atoms with E-state index in [2.05, 4.69) is 5.32 Å². The average Bonchev–Trinajstić information content (AvgIpc) is 3.07. The summed E-state index contributed by atoms with van der Waals surface area (Å²) in [6.45, 7) is 3.77. The third-order valence-corrected chi connectivity index (χ3v) is 7.20. The quantitative estimate of drug-likeness (QED) is 0.362. The number of carboxylic acids is 1. The molecule has 1 aromatic heterocycles. The van der Waals surface area contributed by atoms with Gasteiger partial charge in [0.1, 0.15) is 28.3 Å². The van der Waals surface area contributed by atoms with E-state index in [1.54, 1.807) is 19.1 Å². The molecular formula is C24H23ClN4O4S2. The minimum absolute atomic E-state index is 0.0170. The highest BCUT2D eigenvalue weighted by atomic mass is 35.5. The summed E-state index contributed by atoms with van der Waals surface area (Å²) in [5.41, 5.74) is 1.27. The van der Waals surface area contributed by atoms with Crippen molar-refractivity contribution >= 4 is 63.7 Å². The molecule has 0 bridgehead atoms. The maximum absolute atomic E-state index is 13.2. The van der Waals surface area contributed by atoms with Crippen LogP contribution in [0.5, 0.6) is 0 Å². The third kappa shape index (κ3) is 5.75. The van der Waals surface area contributed by atoms with Crippen LogP contribution in [0.4, 0.5) is 5.82 Å². The van der Waals surface area contributed by atoms with Crippen molar-refractivity contribution in [1.82, 2.24) is 9.47 Å². The van der Waals surface area contributed by atoms with Crippen molar-refractivity contribution in [2.75, 3.05) is 11.9 Å². The first-order chi connectivity index (χ1) is 16.7. The lowest BCUT2D eigenvalue weighted by molar-refractivity contribution is -0.140. The zero-order chi connectivity index (χ0) is 25.7. The summed E-state index contributed by atoms with van der Waals surface area (Å²) in [6.07, 6.45) is 3.10. The lowest BCUT2D eigenvalue weighted by Gasteiger charge is -2.20. The molecule has 1 fully saturated rings. The summed E-state index contributed by atoms with van der Waals surface area (Å²) in [5, 5.41) is 22.7. The normalized spacial score (nSPS) is 14.5. The number of carbonyl (C=O) groups is 2. The van der Waals surface area contributed by atoms with Gasteiger partial charge in [0.25, 0.3) is 11.5 Å². The number of aromatic nitrogens is 1. The molecule has 2 heterocycles. The Bertz CT molecular complexity index is 1330. The number of nitrogens with one attached hydrogen (secondary N) is 1. The van der Waals surface area contributed by atoms with Crippen molar-refractivity contribution in [3.63, 3.8) is 0 Å². The first-order valence-corrected chi connectivity index (χ1v) is 12.4. The molecule has 35 heavy (non-hydrogen) atoms. The predicted octanol–water partition coefficient (Wildman–Crippen LogP) is 4.38. The Balaban J connectivity index is 2.17. The summed E-state index contributed by atoms with van der Waals surface area (Å²) >= 11 is 12.5. The minimum atomic E-state index is -1.18. The Morgan fingerprint density at radius 2 is 2.06 bits per heavy atom. The second kappa shape index (κ2) is 11.5. The van der Waals surface area contributed by atoms with E-state index >= 15 is 0 Å². The van der Waals surface area contributed by atoms with Crippen LogP contribution in [-0.4, -0.2) is 37.3 Å². The molecule has 0 atom stereocenters. The van der Waals surface area contributed by atoms with E-state index in [4.69, 9.17) is 28.9 Å². The zero-order valence-electron chi connectivity index (χ0n) is 19.1. The van der Waals surface area contributed by atoms with Gasteiger partial charge in [-0.05, 0) is 36.6 Å². The van der Waals surface area contributed by atoms with Crippen molar-refractivity contribution in [3.8, 4) is 6.07 Å². The largest absolute Gasteiger partial charge is 0.480 e. The molecule has 1 aliphatic heterocycles. The van der Waals surface area contributed by atoms with Crippen molar-refractivity contribution < 1.29 is 14.7 Å². The van der Waals surface area contributed by atoms with Gasteiger partial charge in [0.2, 0.25) is 0 Å². The molecule has 2 N–H and O–H groups in total. The van der Waals surface area contributed by atoms with Gasteiger partial charge in [0.15, 0.2) is 0 Å². The molecule has 182 valence electrons. The molecule has 2 aromatic rings. The number of thiocarbonyl (C=S) groups is 1. The van der Waals surface area contributed by atoms with Crippen molar-refractivity contribution in [3.05, 3.63) is 66.8 Å². The number of nitriles is 1. The second-order valence-corrected chi connectivity index (χ2v) is 9.87. The fraction of sp³-hybridized carbons (Fsp3) is 0.292. The number of anilines is 1. The first-order valence-electron chi connectivity index (χ1n) is 10.8. The number of halogens is 1. The summed E-state index contributed by atoms with van der Waals surface area (Å²) in [6, 6.07) is 9.29. The van der Waals surface area contributed by atoms with E-state index in [1.165, 1.54) is 4.57 Å². The molecule has 1 aliphatic rings. The van der Waals surface area contributed by atoms with Gasteiger partial charge in [-0.2, -0.15) is 5.26 Å². The second-order valence-electron chi connectivity index (χ2n) is 7.79. The van der Waals surface area contributed by atoms with Crippen LogP contribution in [0.2, 0.25) is 5.02 Å². The Kier molecular flexibility index (Phi) is 8.72. The number of nitrogens with zero attached hydrogens (tertiary/aromatic N) is 3. The number of aliphatic carboxylic acids is 1. The summed E-state index contributed by atoms with van der Waals surface area (Å²) < 4.78 is 1.64. The highest BCUT2D eigenvalue weighted by molar-refractivity contribution is 8.26. The van der Waals surface area contributed by atoms with E-state index in [0.717, 1.165) is 28.6 Å². The molecule has 0 aliphatic carbocycles. The molecule has 3 rings (SSSR count). The van der Waals surface area contributed by atoms with Crippen molar-refractivity contribution in [1.29, 1.82) is 5.26 Å². The number of unbranched alkanes of at least 4 members (excludes halogenated alkanes) is 1. The van der Waals surface area contributed by atoms with Gasteiger partial charge < -0.3 is 10.4 Å². The van der Waals surface area contributed by atoms with E-state index in [9.17, 15) is 19.6 Å². The van der Waals surface area contributed by atoms with Gasteiger partial charge in [-0.15, -0.1) is 0 Å².